The van der Waals surface area contributed by atoms with Crippen LogP contribution in [0, 0.1) is 0 Å². The molecule has 0 spiro atoms. The Morgan fingerprint density at radius 2 is 1.62 bits per heavy atom. The van der Waals surface area contributed by atoms with E-state index < -0.39 is 10.0 Å². The van der Waals surface area contributed by atoms with Crippen LogP contribution in [0.25, 0.3) is 0 Å². The van der Waals surface area contributed by atoms with Crippen molar-refractivity contribution < 1.29 is 17.9 Å². The molecule has 0 aromatic heterocycles. The van der Waals surface area contributed by atoms with Crippen molar-refractivity contribution in [3.05, 3.63) is 60.2 Å². The molecule has 0 atom stereocenters. The quantitative estimate of drug-likeness (QED) is 0.823. The number of rotatable bonds is 4. The highest BCUT2D eigenvalue weighted by Gasteiger charge is 2.28. The summed E-state index contributed by atoms with van der Waals surface area (Å²) in [4.78, 5) is 14.7. The summed E-state index contributed by atoms with van der Waals surface area (Å²) in [5, 5.41) is 0. The minimum Gasteiger partial charge on any atom is -0.497 e. The van der Waals surface area contributed by atoms with Crippen molar-refractivity contribution in [1.82, 2.24) is 9.21 Å². The van der Waals surface area contributed by atoms with E-state index in [0.29, 0.717) is 43.9 Å². The monoisotopic (exact) mass is 374 g/mol. The van der Waals surface area contributed by atoms with Crippen molar-refractivity contribution in [2.24, 2.45) is 0 Å². The highest BCUT2D eigenvalue weighted by atomic mass is 32.2. The van der Waals surface area contributed by atoms with Gasteiger partial charge in [-0.2, -0.15) is 4.31 Å². The maximum Gasteiger partial charge on any atom is 0.253 e. The molecule has 1 aliphatic heterocycles. The Morgan fingerprint density at radius 3 is 2.27 bits per heavy atom. The van der Waals surface area contributed by atoms with E-state index in [4.69, 9.17) is 4.74 Å². The van der Waals surface area contributed by atoms with Gasteiger partial charge in [0.2, 0.25) is 10.0 Å². The van der Waals surface area contributed by atoms with Crippen LogP contribution < -0.4 is 4.74 Å². The molecule has 1 amide bonds. The summed E-state index contributed by atoms with van der Waals surface area (Å²) in [6.07, 6.45) is 0.605. The van der Waals surface area contributed by atoms with Crippen LogP contribution in [0.5, 0.6) is 5.75 Å². The van der Waals surface area contributed by atoms with Gasteiger partial charge in [0.25, 0.3) is 5.91 Å². The van der Waals surface area contributed by atoms with Crippen LogP contribution in [0.4, 0.5) is 0 Å². The fraction of sp³-hybridized carbons (Fsp3) is 0.316. The molecule has 6 nitrogen and oxygen atoms in total. The van der Waals surface area contributed by atoms with Gasteiger partial charge >= 0.3 is 0 Å². The molecular weight excluding hydrogens is 352 g/mol. The van der Waals surface area contributed by atoms with Crippen LogP contribution in [0.1, 0.15) is 16.8 Å². The standard InChI is InChI=1S/C19H22N2O4S/c1-25-17-10-8-16(9-11-17)19(22)20-12-5-13-21(15-14-20)26(23,24)18-6-3-2-4-7-18/h2-4,6-11H,5,12-15H2,1H3. The van der Waals surface area contributed by atoms with Crippen molar-refractivity contribution >= 4 is 15.9 Å². The third kappa shape index (κ3) is 3.89. The van der Waals surface area contributed by atoms with Gasteiger partial charge in [-0.25, -0.2) is 8.42 Å². The molecule has 0 unspecified atom stereocenters. The third-order valence-electron chi connectivity index (χ3n) is 4.46. The summed E-state index contributed by atoms with van der Waals surface area (Å²) in [6, 6.07) is 15.4. The van der Waals surface area contributed by atoms with Crippen LogP contribution in [0.2, 0.25) is 0 Å². The van der Waals surface area contributed by atoms with Gasteiger partial charge < -0.3 is 9.64 Å². The molecule has 1 fully saturated rings. The van der Waals surface area contributed by atoms with Crippen molar-refractivity contribution in [3.8, 4) is 5.75 Å². The summed E-state index contributed by atoms with van der Waals surface area (Å²) in [7, 11) is -1.95. The smallest absolute Gasteiger partial charge is 0.253 e. The lowest BCUT2D eigenvalue weighted by Crippen LogP contribution is -2.37. The Kier molecular flexibility index (Phi) is 5.58. The van der Waals surface area contributed by atoms with E-state index in [2.05, 4.69) is 0 Å². The van der Waals surface area contributed by atoms with E-state index in [9.17, 15) is 13.2 Å². The van der Waals surface area contributed by atoms with Crippen LogP contribution in [0.3, 0.4) is 0 Å². The predicted molar refractivity (Wildman–Crippen MR) is 98.7 cm³/mol. The average Bonchev–Trinajstić information content (AvgIpc) is 2.95. The lowest BCUT2D eigenvalue weighted by atomic mass is 10.2. The third-order valence-corrected chi connectivity index (χ3v) is 6.37. The zero-order valence-electron chi connectivity index (χ0n) is 14.7. The van der Waals surface area contributed by atoms with Crippen LogP contribution >= 0.6 is 0 Å². The Bertz CT molecular complexity index is 851. The topological polar surface area (TPSA) is 66.9 Å². The minimum absolute atomic E-state index is 0.0911. The van der Waals surface area contributed by atoms with Gasteiger partial charge in [0, 0.05) is 31.7 Å². The molecule has 1 saturated heterocycles. The first kappa shape index (κ1) is 18.4. The molecule has 0 aliphatic carbocycles. The first-order valence-electron chi connectivity index (χ1n) is 8.51. The summed E-state index contributed by atoms with van der Waals surface area (Å²) < 4.78 is 32.1. The second kappa shape index (κ2) is 7.88. The summed E-state index contributed by atoms with van der Waals surface area (Å²) >= 11 is 0. The summed E-state index contributed by atoms with van der Waals surface area (Å²) in [5.41, 5.74) is 0.574. The second-order valence-corrected chi connectivity index (χ2v) is 8.03. The van der Waals surface area contributed by atoms with Gasteiger partial charge in [-0.3, -0.25) is 4.79 Å². The molecule has 3 rings (SSSR count). The van der Waals surface area contributed by atoms with Gasteiger partial charge in [0.15, 0.2) is 0 Å². The van der Waals surface area contributed by atoms with Gasteiger partial charge in [-0.05, 0) is 42.8 Å². The van der Waals surface area contributed by atoms with E-state index in [1.54, 1.807) is 66.6 Å². The molecule has 2 aromatic rings. The molecule has 7 heteroatoms. The minimum atomic E-state index is -3.53. The van der Waals surface area contributed by atoms with E-state index in [1.807, 2.05) is 0 Å². The molecule has 0 saturated carbocycles. The van der Waals surface area contributed by atoms with Gasteiger partial charge in [-0.1, -0.05) is 18.2 Å². The molecular formula is C19H22N2O4S. The highest BCUT2D eigenvalue weighted by Crippen LogP contribution is 2.19. The van der Waals surface area contributed by atoms with Crippen LogP contribution in [0.15, 0.2) is 59.5 Å². The molecule has 0 radical (unpaired) electrons. The van der Waals surface area contributed by atoms with Crippen molar-refractivity contribution in [3.63, 3.8) is 0 Å². The maximum atomic E-state index is 12.8. The molecule has 1 aliphatic rings. The van der Waals surface area contributed by atoms with E-state index >= 15 is 0 Å². The first-order valence-corrected chi connectivity index (χ1v) is 9.95. The number of methoxy groups -OCH3 is 1. The van der Waals surface area contributed by atoms with Gasteiger partial charge in [-0.15, -0.1) is 0 Å². The van der Waals surface area contributed by atoms with Crippen molar-refractivity contribution in [2.75, 3.05) is 33.3 Å². The summed E-state index contributed by atoms with van der Waals surface area (Å²) in [6.45, 7) is 1.60. The molecule has 2 aromatic carbocycles. The molecule has 1 heterocycles. The molecule has 26 heavy (non-hydrogen) atoms. The van der Waals surface area contributed by atoms with Crippen LogP contribution in [-0.4, -0.2) is 56.8 Å². The Labute approximate surface area is 154 Å². The molecule has 138 valence electrons. The second-order valence-electron chi connectivity index (χ2n) is 6.09. The number of hydrogen-bond donors (Lipinski definition) is 0. The van der Waals surface area contributed by atoms with E-state index in [-0.39, 0.29) is 10.8 Å². The number of hydrogen-bond acceptors (Lipinski definition) is 4. The van der Waals surface area contributed by atoms with Crippen LogP contribution in [-0.2, 0) is 10.0 Å². The SMILES string of the molecule is COc1ccc(C(=O)N2CCCN(S(=O)(=O)c3ccccc3)CC2)cc1. The van der Waals surface area contributed by atoms with Crippen molar-refractivity contribution in [2.45, 2.75) is 11.3 Å². The number of sulfonamides is 1. The Hall–Kier alpha value is -2.38. The average molecular weight is 374 g/mol. The molecule has 0 bridgehead atoms. The lowest BCUT2D eigenvalue weighted by molar-refractivity contribution is 0.0764. The van der Waals surface area contributed by atoms with Gasteiger partial charge in [0.1, 0.15) is 5.75 Å². The fourth-order valence-corrected chi connectivity index (χ4v) is 4.49. The zero-order chi connectivity index (χ0) is 18.6. The number of carbonyl (C=O) groups excluding carboxylic acids is 1. The normalized spacial score (nSPS) is 16.1. The van der Waals surface area contributed by atoms with Crippen molar-refractivity contribution in [1.29, 1.82) is 0 Å². The maximum absolute atomic E-state index is 12.8. The zero-order valence-corrected chi connectivity index (χ0v) is 15.5. The number of amides is 1. The number of ether oxygens (including phenoxy) is 1. The Morgan fingerprint density at radius 1 is 0.923 bits per heavy atom. The van der Waals surface area contributed by atoms with E-state index in [1.165, 1.54) is 4.31 Å². The number of nitrogens with zero attached hydrogens (tertiary/aromatic N) is 2. The predicted octanol–water partition coefficient (Wildman–Crippen LogP) is 2.23. The number of benzene rings is 2. The number of carbonyl (C=O) groups is 1. The highest BCUT2D eigenvalue weighted by molar-refractivity contribution is 7.89. The lowest BCUT2D eigenvalue weighted by Gasteiger charge is -2.22. The van der Waals surface area contributed by atoms with Gasteiger partial charge in [0.05, 0.1) is 12.0 Å². The molecule has 0 N–H and O–H groups in total. The Balaban J connectivity index is 1.70. The summed E-state index contributed by atoms with van der Waals surface area (Å²) in [5.74, 6) is 0.601. The first-order chi connectivity index (χ1) is 12.5. The fourth-order valence-electron chi connectivity index (χ4n) is 2.99. The van der Waals surface area contributed by atoms with E-state index in [0.717, 1.165) is 0 Å². The largest absolute Gasteiger partial charge is 0.497 e.